The molecule has 2 aromatic carbocycles. The van der Waals surface area contributed by atoms with E-state index in [1.54, 1.807) is 25.0 Å². The molecule has 1 aliphatic heterocycles. The first-order valence-corrected chi connectivity index (χ1v) is 9.52. The van der Waals surface area contributed by atoms with E-state index in [0.717, 1.165) is 22.9 Å². The number of carbonyl (C=O) groups is 2. The molecule has 2 heterocycles. The second kappa shape index (κ2) is 7.91. The zero-order valence-electron chi connectivity index (χ0n) is 16.5. The van der Waals surface area contributed by atoms with E-state index in [9.17, 15) is 9.59 Å². The maximum absolute atomic E-state index is 12.6. The Labute approximate surface area is 169 Å². The quantitative estimate of drug-likeness (QED) is 0.640. The number of pyridine rings is 1. The number of methoxy groups -OCH3 is 1. The van der Waals surface area contributed by atoms with Gasteiger partial charge < -0.3 is 14.4 Å². The van der Waals surface area contributed by atoms with Gasteiger partial charge in [0.25, 0.3) is 5.91 Å². The maximum Gasteiger partial charge on any atom is 0.340 e. The summed E-state index contributed by atoms with van der Waals surface area (Å²) >= 11 is 0. The number of ether oxygens (including phenoxy) is 2. The summed E-state index contributed by atoms with van der Waals surface area (Å²) in [4.78, 5) is 31.3. The summed E-state index contributed by atoms with van der Waals surface area (Å²) in [5.41, 5.74) is 4.06. The molecule has 1 aliphatic rings. The first kappa shape index (κ1) is 18.9. The van der Waals surface area contributed by atoms with Crippen LogP contribution >= 0.6 is 0 Å². The highest BCUT2D eigenvalue weighted by molar-refractivity contribution is 5.96. The molecule has 3 aromatic rings. The van der Waals surface area contributed by atoms with E-state index in [1.807, 2.05) is 36.4 Å². The number of benzene rings is 2. The molecule has 1 aromatic heterocycles. The molecule has 0 N–H and O–H groups in total. The molecule has 0 bridgehead atoms. The molecule has 0 saturated carbocycles. The summed E-state index contributed by atoms with van der Waals surface area (Å²) < 4.78 is 10.5. The number of esters is 1. The highest BCUT2D eigenvalue weighted by Crippen LogP contribution is 2.22. The van der Waals surface area contributed by atoms with Gasteiger partial charge in [0.1, 0.15) is 5.75 Å². The topological polar surface area (TPSA) is 68.7 Å². The Morgan fingerprint density at radius 2 is 1.90 bits per heavy atom. The smallest absolute Gasteiger partial charge is 0.340 e. The molecule has 6 nitrogen and oxygen atoms in total. The van der Waals surface area contributed by atoms with Crippen LogP contribution in [0.2, 0.25) is 0 Å². The van der Waals surface area contributed by atoms with Crippen LogP contribution in [0.4, 0.5) is 0 Å². The number of hydrogen-bond acceptors (Lipinski definition) is 5. The first-order valence-electron chi connectivity index (χ1n) is 9.52. The van der Waals surface area contributed by atoms with Crippen molar-refractivity contribution >= 4 is 22.8 Å². The minimum atomic E-state index is -0.543. The third-order valence-corrected chi connectivity index (χ3v) is 5.25. The summed E-state index contributed by atoms with van der Waals surface area (Å²) in [6, 6.07) is 15.3. The Kier molecular flexibility index (Phi) is 5.16. The fraction of sp³-hybridized carbons (Fsp3) is 0.261. The summed E-state index contributed by atoms with van der Waals surface area (Å²) in [7, 11) is 1.59. The van der Waals surface area contributed by atoms with E-state index in [2.05, 4.69) is 11.1 Å². The molecule has 148 valence electrons. The van der Waals surface area contributed by atoms with Gasteiger partial charge in [-0.25, -0.2) is 4.79 Å². The Balaban J connectivity index is 1.43. The third-order valence-electron chi connectivity index (χ3n) is 5.25. The van der Waals surface area contributed by atoms with Crippen molar-refractivity contribution in [2.24, 2.45) is 0 Å². The normalized spacial score (nSPS) is 13.1. The van der Waals surface area contributed by atoms with Crippen LogP contribution in [0.3, 0.4) is 0 Å². The largest absolute Gasteiger partial charge is 0.497 e. The minimum absolute atomic E-state index is 0.191. The summed E-state index contributed by atoms with van der Waals surface area (Å²) in [5.74, 6) is -0.0316. The van der Waals surface area contributed by atoms with Crippen molar-refractivity contribution in [3.8, 4) is 5.75 Å². The van der Waals surface area contributed by atoms with E-state index in [-0.39, 0.29) is 12.5 Å². The van der Waals surface area contributed by atoms with Crippen molar-refractivity contribution in [1.82, 2.24) is 9.88 Å². The van der Waals surface area contributed by atoms with Crippen LogP contribution in [0.1, 0.15) is 27.2 Å². The fourth-order valence-corrected chi connectivity index (χ4v) is 3.58. The molecule has 4 rings (SSSR count). The van der Waals surface area contributed by atoms with Crippen LogP contribution in [0, 0.1) is 6.92 Å². The lowest BCUT2D eigenvalue weighted by Crippen LogP contribution is -2.38. The SMILES string of the molecule is COc1ccc2cc(C(=O)OCC(=O)N3CCc4ccccc4C3)c(C)nc2c1. The second-order valence-corrected chi connectivity index (χ2v) is 7.09. The third kappa shape index (κ3) is 3.92. The average molecular weight is 390 g/mol. The molecule has 6 heteroatoms. The zero-order chi connectivity index (χ0) is 20.4. The molecule has 0 fully saturated rings. The van der Waals surface area contributed by atoms with E-state index in [0.29, 0.717) is 30.1 Å². The summed E-state index contributed by atoms with van der Waals surface area (Å²) in [6.45, 7) is 2.65. The van der Waals surface area contributed by atoms with Gasteiger partial charge in [-0.3, -0.25) is 9.78 Å². The summed E-state index contributed by atoms with van der Waals surface area (Å²) in [5, 5.41) is 0.808. The summed E-state index contributed by atoms with van der Waals surface area (Å²) in [6.07, 6.45) is 0.813. The monoisotopic (exact) mass is 390 g/mol. The Bertz CT molecular complexity index is 1090. The van der Waals surface area contributed by atoms with Crippen molar-refractivity contribution < 1.29 is 19.1 Å². The molecule has 29 heavy (non-hydrogen) atoms. The number of nitrogens with zero attached hydrogens (tertiary/aromatic N) is 2. The van der Waals surface area contributed by atoms with Gasteiger partial charge in [-0.2, -0.15) is 0 Å². The lowest BCUT2D eigenvalue weighted by Gasteiger charge is -2.28. The van der Waals surface area contributed by atoms with Crippen molar-refractivity contribution in [3.05, 3.63) is 70.9 Å². The molecule has 1 amide bonds. The van der Waals surface area contributed by atoms with E-state index in [4.69, 9.17) is 9.47 Å². The number of carbonyl (C=O) groups excluding carboxylic acids is 2. The average Bonchev–Trinajstić information content (AvgIpc) is 2.75. The highest BCUT2D eigenvalue weighted by atomic mass is 16.5. The number of aryl methyl sites for hydroxylation is 1. The highest BCUT2D eigenvalue weighted by Gasteiger charge is 2.22. The maximum atomic E-state index is 12.6. The molecule has 0 atom stereocenters. The van der Waals surface area contributed by atoms with Gasteiger partial charge in [0, 0.05) is 24.5 Å². The van der Waals surface area contributed by atoms with Crippen molar-refractivity contribution in [1.29, 1.82) is 0 Å². The minimum Gasteiger partial charge on any atom is -0.497 e. The van der Waals surface area contributed by atoms with Gasteiger partial charge in [-0.1, -0.05) is 24.3 Å². The lowest BCUT2D eigenvalue weighted by atomic mass is 10.00. The Morgan fingerprint density at radius 3 is 2.69 bits per heavy atom. The molecule has 0 spiro atoms. The molecular weight excluding hydrogens is 368 g/mol. The molecule has 0 aliphatic carbocycles. The number of hydrogen-bond donors (Lipinski definition) is 0. The standard InChI is InChI=1S/C23H22N2O4/c1-15-20(11-17-7-8-19(28-2)12-21(17)24-15)23(27)29-14-22(26)25-10-9-16-5-3-4-6-18(16)13-25/h3-8,11-12H,9-10,13-14H2,1-2H3. The van der Waals surface area contributed by atoms with Gasteiger partial charge in [0.15, 0.2) is 6.61 Å². The van der Waals surface area contributed by atoms with Gasteiger partial charge in [-0.15, -0.1) is 0 Å². The predicted molar refractivity (Wildman–Crippen MR) is 109 cm³/mol. The first-order chi connectivity index (χ1) is 14.0. The second-order valence-electron chi connectivity index (χ2n) is 7.09. The van der Waals surface area contributed by atoms with E-state index in [1.165, 1.54) is 5.56 Å². The van der Waals surface area contributed by atoms with Crippen LogP contribution < -0.4 is 4.74 Å². The number of fused-ring (bicyclic) bond motifs is 2. The van der Waals surface area contributed by atoms with Crippen molar-refractivity contribution in [3.63, 3.8) is 0 Å². The van der Waals surface area contributed by atoms with Crippen LogP contribution in [0.25, 0.3) is 10.9 Å². The molecule has 0 radical (unpaired) electrons. The van der Waals surface area contributed by atoms with E-state index < -0.39 is 5.97 Å². The van der Waals surface area contributed by atoms with Crippen LogP contribution in [-0.4, -0.2) is 42.0 Å². The van der Waals surface area contributed by atoms with Gasteiger partial charge in [0.05, 0.1) is 23.9 Å². The number of amides is 1. The molecule has 0 unspecified atom stereocenters. The van der Waals surface area contributed by atoms with Crippen LogP contribution in [0.5, 0.6) is 5.75 Å². The zero-order valence-corrected chi connectivity index (χ0v) is 16.5. The van der Waals surface area contributed by atoms with Crippen molar-refractivity contribution in [2.45, 2.75) is 19.9 Å². The molecular formula is C23H22N2O4. The van der Waals surface area contributed by atoms with Gasteiger partial charge in [-0.05, 0) is 42.7 Å². The van der Waals surface area contributed by atoms with Gasteiger partial charge >= 0.3 is 5.97 Å². The van der Waals surface area contributed by atoms with Crippen LogP contribution in [0.15, 0.2) is 48.5 Å². The lowest BCUT2D eigenvalue weighted by molar-refractivity contribution is -0.135. The Morgan fingerprint density at radius 1 is 1.10 bits per heavy atom. The van der Waals surface area contributed by atoms with Gasteiger partial charge in [0.2, 0.25) is 0 Å². The van der Waals surface area contributed by atoms with Crippen molar-refractivity contribution in [2.75, 3.05) is 20.3 Å². The number of rotatable bonds is 4. The Hall–Kier alpha value is -3.41. The fourth-order valence-electron chi connectivity index (χ4n) is 3.58. The predicted octanol–water partition coefficient (Wildman–Crippen LogP) is 3.29. The molecule has 0 saturated heterocycles. The number of aromatic nitrogens is 1. The van der Waals surface area contributed by atoms with Crippen LogP contribution in [-0.2, 0) is 22.5 Å². The van der Waals surface area contributed by atoms with E-state index >= 15 is 0 Å².